The van der Waals surface area contributed by atoms with E-state index < -0.39 is 5.97 Å². The van der Waals surface area contributed by atoms with E-state index in [2.05, 4.69) is 5.10 Å². The largest absolute Gasteiger partial charge is 0.462 e. The van der Waals surface area contributed by atoms with Crippen LogP contribution in [0.4, 0.5) is 5.82 Å². The lowest BCUT2D eigenvalue weighted by Gasteiger charge is -2.02. The van der Waals surface area contributed by atoms with Crippen LogP contribution in [-0.4, -0.2) is 28.3 Å². The van der Waals surface area contributed by atoms with E-state index in [9.17, 15) is 9.59 Å². The lowest BCUT2D eigenvalue weighted by molar-refractivity contribution is 0.0527. The van der Waals surface area contributed by atoms with Crippen molar-refractivity contribution in [2.45, 2.75) is 26.7 Å². The van der Waals surface area contributed by atoms with E-state index in [1.165, 1.54) is 0 Å². The minimum Gasteiger partial charge on any atom is -0.462 e. The van der Waals surface area contributed by atoms with Crippen molar-refractivity contribution in [2.75, 3.05) is 12.3 Å². The van der Waals surface area contributed by atoms with Gasteiger partial charge >= 0.3 is 5.97 Å². The molecule has 0 radical (unpaired) electrons. The van der Waals surface area contributed by atoms with Gasteiger partial charge in [0, 0.05) is 5.92 Å². The van der Waals surface area contributed by atoms with E-state index in [4.69, 9.17) is 10.5 Å². The Balaban J connectivity index is 2.34. The maximum atomic E-state index is 11.8. The molecule has 0 spiro atoms. The average molecular weight is 237 g/mol. The highest BCUT2D eigenvalue weighted by molar-refractivity contribution is 5.98. The van der Waals surface area contributed by atoms with Gasteiger partial charge in [0.2, 0.25) is 0 Å². The molecule has 0 saturated heterocycles. The van der Waals surface area contributed by atoms with E-state index in [1.54, 1.807) is 13.8 Å². The molecule has 0 amide bonds. The maximum Gasteiger partial charge on any atom is 0.343 e. The van der Waals surface area contributed by atoms with Gasteiger partial charge in [-0.3, -0.25) is 4.79 Å². The Bertz CT molecular complexity index is 475. The van der Waals surface area contributed by atoms with E-state index in [0.717, 1.165) is 17.5 Å². The fourth-order valence-electron chi connectivity index (χ4n) is 1.67. The quantitative estimate of drug-likeness (QED) is 0.792. The molecule has 0 unspecified atom stereocenters. The van der Waals surface area contributed by atoms with Crippen molar-refractivity contribution < 1.29 is 14.3 Å². The molecule has 0 aliphatic heterocycles. The van der Waals surface area contributed by atoms with Crippen molar-refractivity contribution in [1.29, 1.82) is 0 Å². The van der Waals surface area contributed by atoms with Gasteiger partial charge in [0.05, 0.1) is 12.3 Å². The minimum absolute atomic E-state index is 0.00615. The van der Waals surface area contributed by atoms with Crippen LogP contribution < -0.4 is 5.73 Å². The summed E-state index contributed by atoms with van der Waals surface area (Å²) < 4.78 is 6.00. The molecule has 1 aliphatic rings. The van der Waals surface area contributed by atoms with Crippen molar-refractivity contribution in [1.82, 2.24) is 9.78 Å². The highest BCUT2D eigenvalue weighted by Gasteiger charge is 2.34. The SMILES string of the molecule is CCOC(=O)c1c(C)nn(C(=O)C2CC2)c1N. The molecule has 1 saturated carbocycles. The van der Waals surface area contributed by atoms with Gasteiger partial charge in [0.25, 0.3) is 5.91 Å². The number of carbonyl (C=O) groups excluding carboxylic acids is 2. The zero-order chi connectivity index (χ0) is 12.6. The Hall–Kier alpha value is -1.85. The van der Waals surface area contributed by atoms with E-state index >= 15 is 0 Å². The zero-order valence-electron chi connectivity index (χ0n) is 9.90. The van der Waals surface area contributed by atoms with Crippen LogP contribution in [0.3, 0.4) is 0 Å². The van der Waals surface area contributed by atoms with Gasteiger partial charge in [-0.15, -0.1) is 0 Å². The zero-order valence-corrected chi connectivity index (χ0v) is 9.90. The number of ether oxygens (including phenoxy) is 1. The van der Waals surface area contributed by atoms with Crippen LogP contribution in [0, 0.1) is 12.8 Å². The first-order valence-corrected chi connectivity index (χ1v) is 5.62. The number of rotatable bonds is 3. The molecule has 0 atom stereocenters. The number of esters is 1. The summed E-state index contributed by atoms with van der Waals surface area (Å²) in [5.74, 6) is -0.581. The topological polar surface area (TPSA) is 87.2 Å². The fraction of sp³-hybridized carbons (Fsp3) is 0.545. The molecule has 2 N–H and O–H groups in total. The van der Waals surface area contributed by atoms with E-state index in [0.29, 0.717) is 5.69 Å². The summed E-state index contributed by atoms with van der Waals surface area (Å²) in [4.78, 5) is 23.5. The molecule has 2 rings (SSSR count). The smallest absolute Gasteiger partial charge is 0.343 e. The van der Waals surface area contributed by atoms with Gasteiger partial charge in [-0.25, -0.2) is 4.79 Å². The highest BCUT2D eigenvalue weighted by Crippen LogP contribution is 2.32. The summed E-state index contributed by atoms with van der Waals surface area (Å²) in [6.45, 7) is 3.61. The summed E-state index contributed by atoms with van der Waals surface area (Å²) >= 11 is 0. The van der Waals surface area contributed by atoms with Crippen molar-refractivity contribution >= 4 is 17.7 Å². The Morgan fingerprint density at radius 3 is 2.71 bits per heavy atom. The highest BCUT2D eigenvalue weighted by atomic mass is 16.5. The molecule has 6 nitrogen and oxygen atoms in total. The summed E-state index contributed by atoms with van der Waals surface area (Å²) in [7, 11) is 0. The van der Waals surface area contributed by atoms with Crippen molar-refractivity contribution in [3.8, 4) is 0 Å². The van der Waals surface area contributed by atoms with Crippen molar-refractivity contribution in [2.24, 2.45) is 5.92 Å². The van der Waals surface area contributed by atoms with E-state index in [-0.39, 0.29) is 29.8 Å². The van der Waals surface area contributed by atoms with Crippen LogP contribution in [0.5, 0.6) is 0 Å². The molecule has 0 bridgehead atoms. The third-order valence-corrected chi connectivity index (χ3v) is 2.71. The van der Waals surface area contributed by atoms with Crippen molar-refractivity contribution in [3.63, 3.8) is 0 Å². The summed E-state index contributed by atoms with van der Waals surface area (Å²) in [6, 6.07) is 0. The first-order chi connectivity index (χ1) is 8.06. The number of nitrogens with zero attached hydrogens (tertiary/aromatic N) is 2. The van der Waals surface area contributed by atoms with Gasteiger partial charge < -0.3 is 10.5 Å². The van der Waals surface area contributed by atoms with Crippen LogP contribution in [-0.2, 0) is 4.74 Å². The van der Waals surface area contributed by atoms with Crippen LogP contribution in [0.2, 0.25) is 0 Å². The molecule has 1 aliphatic carbocycles. The van der Waals surface area contributed by atoms with Crippen LogP contribution in [0.15, 0.2) is 0 Å². The van der Waals surface area contributed by atoms with Gasteiger partial charge in [0.15, 0.2) is 0 Å². The van der Waals surface area contributed by atoms with Crippen LogP contribution >= 0.6 is 0 Å². The normalized spacial score (nSPS) is 14.7. The Labute approximate surface area is 98.7 Å². The minimum atomic E-state index is -0.530. The maximum absolute atomic E-state index is 11.8. The molecular formula is C11H15N3O3. The number of carbonyl (C=O) groups is 2. The monoisotopic (exact) mass is 237 g/mol. The lowest BCUT2D eigenvalue weighted by atomic mass is 10.2. The Morgan fingerprint density at radius 1 is 1.53 bits per heavy atom. The van der Waals surface area contributed by atoms with Crippen molar-refractivity contribution in [3.05, 3.63) is 11.3 Å². The lowest BCUT2D eigenvalue weighted by Crippen LogP contribution is -2.17. The molecule has 0 aromatic carbocycles. The molecule has 1 heterocycles. The number of nitrogen functional groups attached to an aromatic ring is 1. The first kappa shape index (κ1) is 11.6. The number of nitrogens with two attached hydrogens (primary N) is 1. The Morgan fingerprint density at radius 2 is 2.18 bits per heavy atom. The number of aromatic nitrogens is 2. The second kappa shape index (κ2) is 4.20. The number of hydrogen-bond donors (Lipinski definition) is 1. The third-order valence-electron chi connectivity index (χ3n) is 2.71. The molecule has 92 valence electrons. The summed E-state index contributed by atoms with van der Waals surface area (Å²) in [6.07, 6.45) is 1.73. The third kappa shape index (κ3) is 2.02. The van der Waals surface area contributed by atoms with Gasteiger partial charge in [0.1, 0.15) is 11.4 Å². The molecular weight excluding hydrogens is 222 g/mol. The molecule has 1 fully saturated rings. The molecule has 6 heteroatoms. The molecule has 1 aromatic heterocycles. The summed E-state index contributed by atoms with van der Waals surface area (Å²) in [5.41, 5.74) is 6.40. The summed E-state index contributed by atoms with van der Waals surface area (Å²) in [5, 5.41) is 4.02. The van der Waals surface area contributed by atoms with Crippen LogP contribution in [0.1, 0.15) is 40.6 Å². The van der Waals surface area contributed by atoms with Gasteiger partial charge in [-0.2, -0.15) is 9.78 Å². The standard InChI is InChI=1S/C11H15N3O3/c1-3-17-11(16)8-6(2)13-14(9(8)12)10(15)7-4-5-7/h7H,3-5,12H2,1-2H3. The predicted octanol–water partition coefficient (Wildman–Crippen LogP) is 1.00. The average Bonchev–Trinajstić information content (AvgIpc) is 3.05. The predicted molar refractivity (Wildman–Crippen MR) is 60.7 cm³/mol. The molecule has 1 aromatic rings. The van der Waals surface area contributed by atoms with Crippen LogP contribution in [0.25, 0.3) is 0 Å². The number of aryl methyl sites for hydroxylation is 1. The number of hydrogen-bond acceptors (Lipinski definition) is 5. The second-order valence-electron chi connectivity index (χ2n) is 4.09. The van der Waals surface area contributed by atoms with Gasteiger partial charge in [-0.05, 0) is 26.7 Å². The first-order valence-electron chi connectivity index (χ1n) is 5.62. The fourth-order valence-corrected chi connectivity index (χ4v) is 1.67. The number of anilines is 1. The van der Waals surface area contributed by atoms with Gasteiger partial charge in [-0.1, -0.05) is 0 Å². The van der Waals surface area contributed by atoms with E-state index in [1.807, 2.05) is 0 Å². The molecule has 17 heavy (non-hydrogen) atoms. The Kier molecular flexibility index (Phi) is 2.87. The second-order valence-corrected chi connectivity index (χ2v) is 4.09.